The van der Waals surface area contributed by atoms with Gasteiger partial charge in [0.2, 0.25) is 0 Å². The zero-order valence-corrected chi connectivity index (χ0v) is 12.4. The van der Waals surface area contributed by atoms with Gasteiger partial charge in [-0.3, -0.25) is 0 Å². The van der Waals surface area contributed by atoms with Gasteiger partial charge < -0.3 is 10.1 Å². The van der Waals surface area contributed by atoms with Crippen LogP contribution in [0.5, 0.6) is 5.75 Å². The minimum Gasteiger partial charge on any atom is -0.493 e. The van der Waals surface area contributed by atoms with Crippen molar-refractivity contribution in [1.82, 2.24) is 5.32 Å². The fourth-order valence-electron chi connectivity index (χ4n) is 2.59. The molecular weight excluding hydrogens is 234 g/mol. The molecule has 0 bridgehead atoms. The fourth-order valence-corrected chi connectivity index (χ4v) is 2.59. The summed E-state index contributed by atoms with van der Waals surface area (Å²) >= 11 is 0. The molecule has 0 aliphatic carbocycles. The van der Waals surface area contributed by atoms with E-state index < -0.39 is 0 Å². The highest BCUT2D eigenvalue weighted by molar-refractivity contribution is 5.38. The van der Waals surface area contributed by atoms with Gasteiger partial charge in [-0.2, -0.15) is 0 Å². The van der Waals surface area contributed by atoms with Crippen LogP contribution in [0, 0.1) is 0 Å². The SMILES string of the molecule is CC(C)NCCCCCc1ccc2c(c1)CCCO2. The number of benzene rings is 1. The third-order valence-electron chi connectivity index (χ3n) is 3.67. The minimum atomic E-state index is 0.612. The van der Waals surface area contributed by atoms with Crippen molar-refractivity contribution in [3.8, 4) is 5.75 Å². The number of hydrogen-bond donors (Lipinski definition) is 1. The standard InChI is InChI=1S/C17H27NO/c1-14(2)18-11-5-3-4-7-15-9-10-17-16(13-15)8-6-12-19-17/h9-10,13-14,18H,3-8,11-12H2,1-2H3. The molecular formula is C17H27NO. The Balaban J connectivity index is 1.68. The second-order valence-electron chi connectivity index (χ2n) is 5.81. The largest absolute Gasteiger partial charge is 0.493 e. The van der Waals surface area contributed by atoms with Crippen LogP contribution in [0.1, 0.15) is 50.7 Å². The lowest BCUT2D eigenvalue weighted by Crippen LogP contribution is -2.23. The van der Waals surface area contributed by atoms with Crippen LogP contribution >= 0.6 is 0 Å². The second-order valence-corrected chi connectivity index (χ2v) is 5.81. The highest BCUT2D eigenvalue weighted by Gasteiger charge is 2.10. The Kier molecular flexibility index (Phi) is 5.71. The van der Waals surface area contributed by atoms with Crippen molar-refractivity contribution in [2.24, 2.45) is 0 Å². The predicted molar refractivity (Wildman–Crippen MR) is 81.0 cm³/mol. The van der Waals surface area contributed by atoms with E-state index >= 15 is 0 Å². The molecule has 2 heteroatoms. The molecule has 1 heterocycles. The first-order valence-corrected chi connectivity index (χ1v) is 7.73. The number of hydrogen-bond acceptors (Lipinski definition) is 2. The lowest BCUT2D eigenvalue weighted by atomic mass is 10.00. The summed E-state index contributed by atoms with van der Waals surface area (Å²) in [6.07, 6.45) is 7.44. The summed E-state index contributed by atoms with van der Waals surface area (Å²) in [5.41, 5.74) is 2.88. The normalized spacial score (nSPS) is 14.3. The minimum absolute atomic E-state index is 0.612. The molecule has 0 radical (unpaired) electrons. The average molecular weight is 261 g/mol. The molecule has 2 rings (SSSR count). The Morgan fingerprint density at radius 1 is 1.21 bits per heavy atom. The summed E-state index contributed by atoms with van der Waals surface area (Å²) in [5, 5.41) is 3.47. The number of unbranched alkanes of at least 4 members (excludes halogenated alkanes) is 2. The van der Waals surface area contributed by atoms with Crippen molar-refractivity contribution in [1.29, 1.82) is 0 Å². The predicted octanol–water partition coefficient (Wildman–Crippen LogP) is 3.72. The summed E-state index contributed by atoms with van der Waals surface area (Å²) in [5.74, 6) is 1.11. The van der Waals surface area contributed by atoms with Gasteiger partial charge in [0, 0.05) is 6.04 Å². The Hall–Kier alpha value is -1.02. The Morgan fingerprint density at radius 2 is 2.11 bits per heavy atom. The first kappa shape index (κ1) is 14.4. The molecule has 0 saturated heterocycles. The van der Waals surface area contributed by atoms with Crippen LogP contribution in [0.25, 0.3) is 0 Å². The molecule has 0 atom stereocenters. The van der Waals surface area contributed by atoms with Crippen molar-refractivity contribution < 1.29 is 4.74 Å². The molecule has 1 aliphatic rings. The summed E-state index contributed by atoms with van der Waals surface area (Å²) < 4.78 is 5.65. The molecule has 0 saturated carbocycles. The Bertz CT molecular complexity index is 387. The Labute approximate surface area is 117 Å². The summed E-state index contributed by atoms with van der Waals surface area (Å²) in [4.78, 5) is 0. The zero-order chi connectivity index (χ0) is 13.5. The number of fused-ring (bicyclic) bond motifs is 1. The van der Waals surface area contributed by atoms with Gasteiger partial charge in [0.05, 0.1) is 6.61 Å². The maximum Gasteiger partial charge on any atom is 0.122 e. The zero-order valence-electron chi connectivity index (χ0n) is 12.4. The van der Waals surface area contributed by atoms with Gasteiger partial charge in [-0.15, -0.1) is 0 Å². The first-order chi connectivity index (χ1) is 9.25. The summed E-state index contributed by atoms with van der Waals surface area (Å²) in [6.45, 7) is 6.44. The molecule has 1 aliphatic heterocycles. The van der Waals surface area contributed by atoms with Crippen LogP contribution in [0.2, 0.25) is 0 Å². The summed E-state index contributed by atoms with van der Waals surface area (Å²) in [7, 11) is 0. The van der Waals surface area contributed by atoms with Crippen LogP contribution in [-0.2, 0) is 12.8 Å². The molecule has 0 amide bonds. The molecule has 0 unspecified atom stereocenters. The van der Waals surface area contributed by atoms with Crippen LogP contribution in [-0.4, -0.2) is 19.2 Å². The van der Waals surface area contributed by atoms with Crippen molar-refractivity contribution in [2.45, 2.75) is 58.4 Å². The number of nitrogens with one attached hydrogen (secondary N) is 1. The van der Waals surface area contributed by atoms with E-state index in [1.807, 2.05) is 0 Å². The molecule has 2 nitrogen and oxygen atoms in total. The Morgan fingerprint density at radius 3 is 2.95 bits per heavy atom. The van der Waals surface area contributed by atoms with Crippen LogP contribution in [0.4, 0.5) is 0 Å². The number of ether oxygens (including phenoxy) is 1. The van der Waals surface area contributed by atoms with Gasteiger partial charge >= 0.3 is 0 Å². The third kappa shape index (κ3) is 4.87. The van der Waals surface area contributed by atoms with Gasteiger partial charge in [-0.1, -0.05) is 32.4 Å². The molecule has 0 aromatic heterocycles. The average Bonchev–Trinajstić information content (AvgIpc) is 2.42. The quantitative estimate of drug-likeness (QED) is 0.755. The third-order valence-corrected chi connectivity index (χ3v) is 3.67. The second kappa shape index (κ2) is 7.54. The van der Waals surface area contributed by atoms with E-state index in [4.69, 9.17) is 4.74 Å². The van der Waals surface area contributed by atoms with Gasteiger partial charge in [-0.05, 0) is 55.8 Å². The van der Waals surface area contributed by atoms with E-state index in [1.54, 1.807) is 0 Å². The van der Waals surface area contributed by atoms with Crippen LogP contribution in [0.3, 0.4) is 0 Å². The maximum atomic E-state index is 5.65. The molecule has 0 fully saturated rings. The highest BCUT2D eigenvalue weighted by atomic mass is 16.5. The molecule has 0 spiro atoms. The summed E-state index contributed by atoms with van der Waals surface area (Å²) in [6, 6.07) is 7.35. The van der Waals surface area contributed by atoms with Crippen molar-refractivity contribution in [3.63, 3.8) is 0 Å². The van der Waals surface area contributed by atoms with E-state index in [1.165, 1.54) is 43.2 Å². The van der Waals surface area contributed by atoms with Crippen LogP contribution in [0.15, 0.2) is 18.2 Å². The van der Waals surface area contributed by atoms with Crippen LogP contribution < -0.4 is 10.1 Å². The van der Waals surface area contributed by atoms with Gasteiger partial charge in [0.15, 0.2) is 0 Å². The van der Waals surface area contributed by atoms with E-state index in [9.17, 15) is 0 Å². The smallest absolute Gasteiger partial charge is 0.122 e. The first-order valence-electron chi connectivity index (χ1n) is 7.73. The molecule has 19 heavy (non-hydrogen) atoms. The van der Waals surface area contributed by atoms with Crippen molar-refractivity contribution >= 4 is 0 Å². The molecule has 1 N–H and O–H groups in total. The van der Waals surface area contributed by atoms with E-state index in [2.05, 4.69) is 37.4 Å². The van der Waals surface area contributed by atoms with Gasteiger partial charge in [0.1, 0.15) is 5.75 Å². The maximum absolute atomic E-state index is 5.65. The van der Waals surface area contributed by atoms with E-state index in [-0.39, 0.29) is 0 Å². The molecule has 106 valence electrons. The van der Waals surface area contributed by atoms with Gasteiger partial charge in [0.25, 0.3) is 0 Å². The highest BCUT2D eigenvalue weighted by Crippen LogP contribution is 2.26. The lowest BCUT2D eigenvalue weighted by molar-refractivity contribution is 0.288. The van der Waals surface area contributed by atoms with Crippen molar-refractivity contribution in [2.75, 3.05) is 13.2 Å². The molecule has 1 aromatic rings. The topological polar surface area (TPSA) is 21.3 Å². The van der Waals surface area contributed by atoms with Gasteiger partial charge in [-0.25, -0.2) is 0 Å². The number of rotatable bonds is 7. The van der Waals surface area contributed by atoms with E-state index in [0.717, 1.165) is 25.3 Å². The lowest BCUT2D eigenvalue weighted by Gasteiger charge is -2.17. The monoisotopic (exact) mass is 261 g/mol. The molecule has 1 aromatic carbocycles. The van der Waals surface area contributed by atoms with E-state index in [0.29, 0.717) is 6.04 Å². The number of aryl methyl sites for hydroxylation is 2. The van der Waals surface area contributed by atoms with Crippen molar-refractivity contribution in [3.05, 3.63) is 29.3 Å². The fraction of sp³-hybridized carbons (Fsp3) is 0.647.